The molecule has 0 aliphatic carbocycles. The first-order valence-electron chi connectivity index (χ1n) is 12.7. The first kappa shape index (κ1) is 29.2. The number of nitro groups is 1. The molecule has 1 N–H and O–H groups in total. The molecule has 0 saturated heterocycles. The van der Waals surface area contributed by atoms with Crippen molar-refractivity contribution in [3.05, 3.63) is 90.7 Å². The largest absolute Gasteiger partial charge is 0.494 e. The maximum Gasteiger partial charge on any atom is 0.341 e. The molecule has 0 aliphatic rings. The number of ether oxygens (including phenoxy) is 2. The molecule has 0 fully saturated rings. The number of rotatable bonds is 10. The normalized spacial score (nSPS) is 11.4. The molecule has 0 radical (unpaired) electrons. The van der Waals surface area contributed by atoms with Crippen LogP contribution in [-0.2, 0) is 4.79 Å². The van der Waals surface area contributed by atoms with Gasteiger partial charge in [0.15, 0.2) is 12.4 Å². The van der Waals surface area contributed by atoms with E-state index in [9.17, 15) is 19.7 Å². The van der Waals surface area contributed by atoms with Gasteiger partial charge in [-0.25, -0.2) is 9.78 Å². The summed E-state index contributed by atoms with van der Waals surface area (Å²) in [6, 6.07) is 13.2. The number of carbonyl (C=O) groups is 1. The summed E-state index contributed by atoms with van der Waals surface area (Å²) in [5, 5.41) is 25.1. The van der Waals surface area contributed by atoms with E-state index in [1.807, 2.05) is 39.8 Å². The third-order valence-electron chi connectivity index (χ3n) is 6.18. The minimum atomic E-state index is -1.32. The molecule has 11 nitrogen and oxygen atoms in total. The molecule has 0 unspecified atom stereocenters. The quantitative estimate of drug-likeness (QED) is 0.141. The zero-order valence-electron chi connectivity index (χ0n) is 22.8. The summed E-state index contributed by atoms with van der Waals surface area (Å²) >= 11 is 6.21. The number of nitro benzene ring substituents is 1. The fraction of sp³-hybridized carbons (Fsp3) is 0.241. The lowest BCUT2D eigenvalue weighted by Crippen LogP contribution is -2.21. The van der Waals surface area contributed by atoms with Crippen LogP contribution in [0, 0.1) is 17.0 Å². The van der Waals surface area contributed by atoms with Crippen LogP contribution >= 0.6 is 11.6 Å². The number of carboxylic acid groups (broad SMARTS) is 1. The molecular weight excluding hydrogens is 552 g/mol. The van der Waals surface area contributed by atoms with Gasteiger partial charge < -0.3 is 14.6 Å². The Hall–Kier alpha value is -4.77. The fourth-order valence-corrected chi connectivity index (χ4v) is 4.56. The van der Waals surface area contributed by atoms with Crippen LogP contribution in [0.3, 0.4) is 0 Å². The summed E-state index contributed by atoms with van der Waals surface area (Å²) in [6.45, 7) is 7.56. The molecule has 4 aromatic rings. The van der Waals surface area contributed by atoms with Crippen LogP contribution < -0.4 is 15.0 Å². The standard InChI is InChI=1S/C29H27ClN4O7/c1-5-40-25-10-17(4)21(13-20(25)16(2)3)28-32-23-9-7-6-8-19(23)29(37)33(28)31-14-18-11-22(30)27(41-15-26(35)36)24(12-18)34(38)39/h6-14,16H,5,15H2,1-4H3,(H,35,36). The average molecular weight is 579 g/mol. The number of carboxylic acids is 1. The Balaban J connectivity index is 1.92. The Labute approximate surface area is 239 Å². The van der Waals surface area contributed by atoms with Gasteiger partial charge in [-0.2, -0.15) is 9.78 Å². The van der Waals surface area contributed by atoms with E-state index in [1.165, 1.54) is 12.3 Å². The Kier molecular flexibility index (Phi) is 8.68. The number of aryl methyl sites for hydroxylation is 1. The highest BCUT2D eigenvalue weighted by Crippen LogP contribution is 2.36. The third-order valence-corrected chi connectivity index (χ3v) is 6.46. The molecule has 0 spiro atoms. The number of halogens is 1. The number of fused-ring (bicyclic) bond motifs is 1. The van der Waals surface area contributed by atoms with Gasteiger partial charge in [-0.15, -0.1) is 0 Å². The number of benzene rings is 3. The molecule has 3 aromatic carbocycles. The molecule has 0 aliphatic heterocycles. The van der Waals surface area contributed by atoms with E-state index in [1.54, 1.807) is 24.3 Å². The molecule has 0 amide bonds. The van der Waals surface area contributed by atoms with Crippen LogP contribution in [-0.4, -0.2) is 45.1 Å². The lowest BCUT2D eigenvalue weighted by Gasteiger charge is -2.18. The van der Waals surface area contributed by atoms with E-state index in [4.69, 9.17) is 31.2 Å². The fourth-order valence-electron chi connectivity index (χ4n) is 4.29. The van der Waals surface area contributed by atoms with E-state index in [0.717, 1.165) is 27.6 Å². The molecule has 212 valence electrons. The predicted octanol–water partition coefficient (Wildman–Crippen LogP) is 5.80. The first-order valence-corrected chi connectivity index (χ1v) is 13.1. The second-order valence-corrected chi connectivity index (χ2v) is 9.80. The number of hydrogen-bond acceptors (Lipinski definition) is 8. The molecule has 12 heteroatoms. The van der Waals surface area contributed by atoms with Gasteiger partial charge in [-0.05, 0) is 61.2 Å². The van der Waals surface area contributed by atoms with Crippen LogP contribution in [0.1, 0.15) is 43.4 Å². The van der Waals surface area contributed by atoms with E-state index < -0.39 is 28.7 Å². The van der Waals surface area contributed by atoms with E-state index in [2.05, 4.69) is 5.10 Å². The topological polar surface area (TPSA) is 146 Å². The predicted molar refractivity (Wildman–Crippen MR) is 156 cm³/mol. The summed E-state index contributed by atoms with van der Waals surface area (Å²) < 4.78 is 12.0. The van der Waals surface area contributed by atoms with Crippen molar-refractivity contribution in [3.8, 4) is 22.9 Å². The number of hydrogen-bond donors (Lipinski definition) is 1. The van der Waals surface area contributed by atoms with Crippen molar-refractivity contribution in [2.75, 3.05) is 13.2 Å². The van der Waals surface area contributed by atoms with Crippen LogP contribution in [0.5, 0.6) is 11.5 Å². The van der Waals surface area contributed by atoms with E-state index in [-0.39, 0.29) is 28.1 Å². The van der Waals surface area contributed by atoms with Crippen molar-refractivity contribution < 1.29 is 24.3 Å². The SMILES string of the molecule is CCOc1cc(C)c(-c2nc3ccccc3c(=O)n2N=Cc2cc(Cl)c(OCC(=O)O)c([N+](=O)[O-])c2)cc1C(C)C. The van der Waals surface area contributed by atoms with Gasteiger partial charge in [-0.3, -0.25) is 14.9 Å². The summed E-state index contributed by atoms with van der Waals surface area (Å²) in [4.78, 5) is 40.3. The lowest BCUT2D eigenvalue weighted by atomic mass is 9.96. The van der Waals surface area contributed by atoms with Crippen molar-refractivity contribution in [2.45, 2.75) is 33.6 Å². The number of nitrogens with zero attached hydrogens (tertiary/aromatic N) is 4. The summed E-state index contributed by atoms with van der Waals surface area (Å²) in [7, 11) is 0. The average Bonchev–Trinajstić information content (AvgIpc) is 2.91. The van der Waals surface area contributed by atoms with Crippen molar-refractivity contribution >= 4 is 40.4 Å². The van der Waals surface area contributed by atoms with E-state index >= 15 is 0 Å². The Morgan fingerprint density at radius 2 is 1.95 bits per heavy atom. The minimum absolute atomic E-state index is 0.115. The van der Waals surface area contributed by atoms with Crippen LogP contribution in [0.4, 0.5) is 5.69 Å². The molecule has 4 rings (SSSR count). The monoisotopic (exact) mass is 578 g/mol. The molecule has 0 bridgehead atoms. The molecular formula is C29H27ClN4O7. The van der Waals surface area contributed by atoms with Gasteiger partial charge in [0, 0.05) is 17.2 Å². The van der Waals surface area contributed by atoms with Crippen molar-refractivity contribution in [3.63, 3.8) is 0 Å². The summed E-state index contributed by atoms with van der Waals surface area (Å²) in [6.07, 6.45) is 1.24. The number of aromatic nitrogens is 2. The van der Waals surface area contributed by atoms with Crippen LogP contribution in [0.2, 0.25) is 5.02 Å². The number of para-hydroxylation sites is 1. The van der Waals surface area contributed by atoms with Crippen molar-refractivity contribution in [1.29, 1.82) is 0 Å². The highest BCUT2D eigenvalue weighted by atomic mass is 35.5. The van der Waals surface area contributed by atoms with Crippen molar-refractivity contribution in [2.24, 2.45) is 5.10 Å². The van der Waals surface area contributed by atoms with Gasteiger partial charge in [0.2, 0.25) is 5.75 Å². The molecule has 1 heterocycles. The highest BCUT2D eigenvalue weighted by molar-refractivity contribution is 6.32. The van der Waals surface area contributed by atoms with Gasteiger partial charge in [0.25, 0.3) is 5.56 Å². The van der Waals surface area contributed by atoms with Gasteiger partial charge >= 0.3 is 11.7 Å². The molecule has 0 atom stereocenters. The molecule has 1 aromatic heterocycles. The molecule has 0 saturated carbocycles. The Morgan fingerprint density at radius 3 is 2.61 bits per heavy atom. The van der Waals surface area contributed by atoms with Gasteiger partial charge in [-0.1, -0.05) is 37.6 Å². The zero-order chi connectivity index (χ0) is 29.8. The first-order chi connectivity index (χ1) is 19.5. The number of aliphatic carboxylic acids is 1. The maximum atomic E-state index is 13.7. The van der Waals surface area contributed by atoms with Gasteiger partial charge in [0.05, 0.1) is 33.7 Å². The van der Waals surface area contributed by atoms with Crippen molar-refractivity contribution in [1.82, 2.24) is 9.66 Å². The van der Waals surface area contributed by atoms with E-state index in [0.29, 0.717) is 23.1 Å². The minimum Gasteiger partial charge on any atom is -0.494 e. The maximum absolute atomic E-state index is 13.7. The molecule has 41 heavy (non-hydrogen) atoms. The third kappa shape index (κ3) is 6.20. The zero-order valence-corrected chi connectivity index (χ0v) is 23.5. The van der Waals surface area contributed by atoms with Crippen LogP contribution in [0.15, 0.2) is 58.4 Å². The highest BCUT2D eigenvalue weighted by Gasteiger charge is 2.22. The summed E-state index contributed by atoms with van der Waals surface area (Å²) in [5.74, 6) is -0.567. The Bertz CT molecular complexity index is 1750. The summed E-state index contributed by atoms with van der Waals surface area (Å²) in [5.41, 5.74) is 2.08. The smallest absolute Gasteiger partial charge is 0.341 e. The Morgan fingerprint density at radius 1 is 1.22 bits per heavy atom. The second kappa shape index (κ2) is 12.2. The van der Waals surface area contributed by atoms with Gasteiger partial charge in [0.1, 0.15) is 5.75 Å². The van der Waals surface area contributed by atoms with Crippen LogP contribution in [0.25, 0.3) is 22.3 Å². The second-order valence-electron chi connectivity index (χ2n) is 9.40. The lowest BCUT2D eigenvalue weighted by molar-refractivity contribution is -0.385.